The minimum absolute atomic E-state index is 0.0374. The molecule has 0 saturated carbocycles. The normalized spacial score (nSPS) is 16.9. The number of aromatic nitrogens is 1. The molecule has 158 valence electrons. The SMILES string of the molecule is Cc1cc(NC(=O)C(C)SCC(=O)NCC(c2ccco2)N2CCCCC2)no1. The number of piperidine rings is 1. The number of thioether (sulfide) groups is 1. The third kappa shape index (κ3) is 6.37. The van der Waals surface area contributed by atoms with Crippen LogP contribution < -0.4 is 10.6 Å². The van der Waals surface area contributed by atoms with Crippen LogP contribution in [0.15, 0.2) is 33.4 Å². The number of amides is 2. The minimum Gasteiger partial charge on any atom is -0.468 e. The van der Waals surface area contributed by atoms with Crippen molar-refractivity contribution in [2.24, 2.45) is 0 Å². The summed E-state index contributed by atoms with van der Waals surface area (Å²) in [5, 5.41) is 9.03. The summed E-state index contributed by atoms with van der Waals surface area (Å²) >= 11 is 1.28. The van der Waals surface area contributed by atoms with Crippen molar-refractivity contribution in [1.82, 2.24) is 15.4 Å². The maximum atomic E-state index is 12.3. The number of likely N-dealkylation sites (tertiary alicyclic amines) is 1. The molecular formula is C20H28N4O4S. The Hall–Kier alpha value is -2.26. The summed E-state index contributed by atoms with van der Waals surface area (Å²) in [4.78, 5) is 26.9. The number of nitrogens with one attached hydrogen (secondary N) is 2. The largest absolute Gasteiger partial charge is 0.468 e. The van der Waals surface area contributed by atoms with Crippen LogP contribution >= 0.6 is 11.8 Å². The predicted molar refractivity (Wildman–Crippen MR) is 112 cm³/mol. The second-order valence-electron chi connectivity index (χ2n) is 7.20. The van der Waals surface area contributed by atoms with Gasteiger partial charge in [-0.05, 0) is 51.9 Å². The number of aryl methyl sites for hydroxylation is 1. The lowest BCUT2D eigenvalue weighted by Crippen LogP contribution is -2.41. The van der Waals surface area contributed by atoms with E-state index in [2.05, 4.69) is 20.7 Å². The zero-order valence-electron chi connectivity index (χ0n) is 16.8. The first-order valence-electron chi connectivity index (χ1n) is 9.93. The Balaban J connectivity index is 1.44. The van der Waals surface area contributed by atoms with Crippen LogP contribution in [0.25, 0.3) is 0 Å². The number of hydrogen-bond acceptors (Lipinski definition) is 7. The number of carbonyl (C=O) groups is 2. The Labute approximate surface area is 174 Å². The highest BCUT2D eigenvalue weighted by molar-refractivity contribution is 8.01. The lowest BCUT2D eigenvalue weighted by Gasteiger charge is -2.33. The van der Waals surface area contributed by atoms with Crippen LogP contribution in [0.2, 0.25) is 0 Å². The molecule has 2 N–H and O–H groups in total. The maximum absolute atomic E-state index is 12.3. The molecule has 1 aliphatic rings. The van der Waals surface area contributed by atoms with Crippen molar-refractivity contribution in [3.8, 4) is 0 Å². The van der Waals surface area contributed by atoms with E-state index in [0.29, 0.717) is 18.1 Å². The number of furan rings is 1. The van der Waals surface area contributed by atoms with Crippen molar-refractivity contribution in [3.05, 3.63) is 36.0 Å². The highest BCUT2D eigenvalue weighted by Crippen LogP contribution is 2.24. The molecule has 29 heavy (non-hydrogen) atoms. The highest BCUT2D eigenvalue weighted by atomic mass is 32.2. The third-order valence-electron chi connectivity index (χ3n) is 4.91. The van der Waals surface area contributed by atoms with Gasteiger partial charge in [0.1, 0.15) is 11.5 Å². The third-order valence-corrected chi connectivity index (χ3v) is 6.05. The van der Waals surface area contributed by atoms with Gasteiger partial charge in [0.25, 0.3) is 0 Å². The van der Waals surface area contributed by atoms with Gasteiger partial charge in [0.15, 0.2) is 5.82 Å². The number of nitrogens with zero attached hydrogens (tertiary/aromatic N) is 2. The van der Waals surface area contributed by atoms with Gasteiger partial charge in [-0.3, -0.25) is 14.5 Å². The molecule has 3 rings (SSSR count). The predicted octanol–water partition coefficient (Wildman–Crippen LogP) is 2.98. The molecular weight excluding hydrogens is 392 g/mol. The topological polar surface area (TPSA) is 101 Å². The highest BCUT2D eigenvalue weighted by Gasteiger charge is 2.25. The van der Waals surface area contributed by atoms with Gasteiger partial charge in [-0.2, -0.15) is 0 Å². The molecule has 2 amide bonds. The van der Waals surface area contributed by atoms with Gasteiger partial charge >= 0.3 is 0 Å². The lowest BCUT2D eigenvalue weighted by molar-refractivity contribution is -0.118. The molecule has 1 aliphatic heterocycles. The Morgan fingerprint density at radius 1 is 1.31 bits per heavy atom. The van der Waals surface area contributed by atoms with Gasteiger partial charge in [0.2, 0.25) is 11.8 Å². The van der Waals surface area contributed by atoms with E-state index in [0.717, 1.165) is 18.8 Å². The first-order chi connectivity index (χ1) is 14.0. The van der Waals surface area contributed by atoms with Crippen molar-refractivity contribution in [2.75, 3.05) is 30.7 Å². The van der Waals surface area contributed by atoms with E-state index in [9.17, 15) is 9.59 Å². The summed E-state index contributed by atoms with van der Waals surface area (Å²) in [6.07, 6.45) is 5.25. The Bertz CT molecular complexity index is 786. The molecule has 2 aromatic heterocycles. The Morgan fingerprint density at radius 3 is 2.76 bits per heavy atom. The number of rotatable bonds is 9. The monoisotopic (exact) mass is 420 g/mol. The van der Waals surface area contributed by atoms with E-state index < -0.39 is 0 Å². The molecule has 9 heteroatoms. The average molecular weight is 421 g/mol. The van der Waals surface area contributed by atoms with Crippen molar-refractivity contribution < 1.29 is 18.5 Å². The van der Waals surface area contributed by atoms with Gasteiger partial charge in [-0.15, -0.1) is 11.8 Å². The second-order valence-corrected chi connectivity index (χ2v) is 8.53. The molecule has 1 saturated heterocycles. The smallest absolute Gasteiger partial charge is 0.238 e. The number of hydrogen-bond donors (Lipinski definition) is 2. The van der Waals surface area contributed by atoms with Crippen molar-refractivity contribution in [2.45, 2.75) is 44.4 Å². The second kappa shape index (κ2) is 10.5. The molecule has 0 bridgehead atoms. The van der Waals surface area contributed by atoms with Gasteiger partial charge in [0, 0.05) is 12.6 Å². The molecule has 1 fully saturated rings. The molecule has 2 aromatic rings. The number of carbonyl (C=O) groups excluding carboxylic acids is 2. The molecule has 8 nitrogen and oxygen atoms in total. The van der Waals surface area contributed by atoms with Gasteiger partial charge in [0.05, 0.1) is 23.3 Å². The molecule has 2 atom stereocenters. The van der Waals surface area contributed by atoms with Crippen LogP contribution in [0.3, 0.4) is 0 Å². The fourth-order valence-corrected chi connectivity index (χ4v) is 4.03. The molecule has 0 radical (unpaired) electrons. The zero-order valence-corrected chi connectivity index (χ0v) is 17.7. The molecule has 0 aromatic carbocycles. The van der Waals surface area contributed by atoms with Gasteiger partial charge < -0.3 is 19.6 Å². The standard InChI is InChI=1S/C20H28N4O4S/c1-14-11-18(23-28-14)22-20(26)15(2)29-13-19(25)21-12-16(17-7-6-10-27-17)24-8-4-3-5-9-24/h6-7,10-11,15-16H,3-5,8-9,12-13H2,1-2H3,(H,21,25)(H,22,23,26). The van der Waals surface area contributed by atoms with Crippen LogP contribution in [0.1, 0.15) is 43.7 Å². The van der Waals surface area contributed by atoms with Crippen molar-refractivity contribution in [3.63, 3.8) is 0 Å². The van der Waals surface area contributed by atoms with E-state index in [-0.39, 0.29) is 28.9 Å². The van der Waals surface area contributed by atoms with E-state index in [4.69, 9.17) is 8.94 Å². The molecule has 0 aliphatic carbocycles. The van der Waals surface area contributed by atoms with Crippen molar-refractivity contribution in [1.29, 1.82) is 0 Å². The van der Waals surface area contributed by atoms with Gasteiger partial charge in [-0.1, -0.05) is 11.6 Å². The Kier molecular flexibility index (Phi) is 7.76. The summed E-state index contributed by atoms with van der Waals surface area (Å²) in [5.41, 5.74) is 0. The average Bonchev–Trinajstić information content (AvgIpc) is 3.39. The zero-order chi connectivity index (χ0) is 20.6. The van der Waals surface area contributed by atoms with E-state index in [1.807, 2.05) is 12.1 Å². The van der Waals surface area contributed by atoms with E-state index in [1.165, 1.54) is 31.0 Å². The van der Waals surface area contributed by atoms with Crippen LogP contribution in [-0.4, -0.2) is 52.5 Å². The summed E-state index contributed by atoms with van der Waals surface area (Å²) in [7, 11) is 0. The van der Waals surface area contributed by atoms with Crippen LogP contribution in [0.4, 0.5) is 5.82 Å². The summed E-state index contributed by atoms with van der Waals surface area (Å²) < 4.78 is 10.5. The lowest BCUT2D eigenvalue weighted by atomic mass is 10.1. The molecule has 0 spiro atoms. The first kappa shape index (κ1) is 21.4. The Morgan fingerprint density at radius 2 is 2.10 bits per heavy atom. The maximum Gasteiger partial charge on any atom is 0.238 e. The van der Waals surface area contributed by atoms with Crippen LogP contribution in [-0.2, 0) is 9.59 Å². The molecule has 3 heterocycles. The summed E-state index contributed by atoms with van der Waals surface area (Å²) in [6, 6.07) is 5.52. The summed E-state index contributed by atoms with van der Waals surface area (Å²) in [5.74, 6) is 1.78. The fraction of sp³-hybridized carbons (Fsp3) is 0.550. The van der Waals surface area contributed by atoms with Crippen LogP contribution in [0, 0.1) is 6.92 Å². The van der Waals surface area contributed by atoms with Crippen LogP contribution in [0.5, 0.6) is 0 Å². The first-order valence-corrected chi connectivity index (χ1v) is 11.0. The quantitative estimate of drug-likeness (QED) is 0.643. The number of anilines is 1. The van der Waals surface area contributed by atoms with Crippen molar-refractivity contribution >= 4 is 29.4 Å². The van der Waals surface area contributed by atoms with E-state index in [1.54, 1.807) is 26.2 Å². The van der Waals surface area contributed by atoms with Gasteiger partial charge in [-0.25, -0.2) is 0 Å². The summed E-state index contributed by atoms with van der Waals surface area (Å²) in [6.45, 7) is 6.03. The van der Waals surface area contributed by atoms with E-state index >= 15 is 0 Å². The fourth-order valence-electron chi connectivity index (χ4n) is 3.31. The molecule has 2 unspecified atom stereocenters. The minimum atomic E-state index is -0.388.